The Kier molecular flexibility index (Phi) is 8.95. The molecule has 28 heavy (non-hydrogen) atoms. The molecule has 3 rings (SSSR count). The first kappa shape index (κ1) is 22.4. The average molecular weight is 497 g/mol. The molecule has 5 nitrogen and oxygen atoms in total. The van der Waals surface area contributed by atoms with Crippen LogP contribution in [0.25, 0.3) is 0 Å². The van der Waals surface area contributed by atoms with Gasteiger partial charge in [0.1, 0.15) is 0 Å². The quantitative estimate of drug-likeness (QED) is 0.363. The zero-order valence-electron chi connectivity index (χ0n) is 16.4. The van der Waals surface area contributed by atoms with Crippen molar-refractivity contribution in [1.82, 2.24) is 15.6 Å². The highest BCUT2D eigenvalue weighted by atomic mass is 127. The summed E-state index contributed by atoms with van der Waals surface area (Å²) in [6, 6.07) is 13.7. The molecule has 0 aliphatic carbocycles. The number of guanidine groups is 1. The molecule has 0 spiro atoms. The van der Waals surface area contributed by atoms with E-state index >= 15 is 0 Å². The van der Waals surface area contributed by atoms with Crippen LogP contribution in [-0.2, 0) is 0 Å². The molecule has 152 valence electrons. The van der Waals surface area contributed by atoms with Crippen molar-refractivity contribution in [2.45, 2.75) is 32.2 Å². The van der Waals surface area contributed by atoms with Crippen molar-refractivity contribution >= 4 is 35.8 Å². The zero-order valence-corrected chi connectivity index (χ0v) is 18.8. The maximum Gasteiger partial charge on any atom is 0.191 e. The summed E-state index contributed by atoms with van der Waals surface area (Å²) in [7, 11) is 0. The standard InChI is InChI=1S/C21H28FN5.HI/c1-3-23-21(25-14-16(2)17-8-5-4-6-9-17)26-18-11-13-27(15-18)20-19(22)10-7-12-24-20;/h4-10,12,16,18H,3,11,13-15H2,1-2H3,(H2,23,25,26);1H. The van der Waals surface area contributed by atoms with Crippen molar-refractivity contribution in [3.05, 3.63) is 60.0 Å². The number of anilines is 1. The molecule has 0 radical (unpaired) electrons. The molecule has 1 fully saturated rings. The van der Waals surface area contributed by atoms with Gasteiger partial charge in [0, 0.05) is 44.3 Å². The Morgan fingerprint density at radius 3 is 2.79 bits per heavy atom. The molecule has 1 aliphatic heterocycles. The van der Waals surface area contributed by atoms with E-state index in [9.17, 15) is 4.39 Å². The third kappa shape index (κ3) is 6.05. The smallest absolute Gasteiger partial charge is 0.191 e. The van der Waals surface area contributed by atoms with Crippen LogP contribution in [0, 0.1) is 5.82 Å². The van der Waals surface area contributed by atoms with Gasteiger partial charge in [0.2, 0.25) is 0 Å². The molecule has 2 atom stereocenters. The van der Waals surface area contributed by atoms with Crippen LogP contribution in [0.5, 0.6) is 0 Å². The SMILES string of the molecule is CCNC(=NCC(C)c1ccccc1)NC1CCN(c2ncccc2F)C1.I. The van der Waals surface area contributed by atoms with Crippen molar-refractivity contribution in [1.29, 1.82) is 0 Å². The molecule has 0 bridgehead atoms. The molecule has 2 N–H and O–H groups in total. The molecular weight excluding hydrogens is 468 g/mol. The highest BCUT2D eigenvalue weighted by Gasteiger charge is 2.25. The van der Waals surface area contributed by atoms with Crippen molar-refractivity contribution in [2.75, 3.05) is 31.1 Å². The molecule has 1 aromatic carbocycles. The third-order valence-electron chi connectivity index (χ3n) is 4.80. The third-order valence-corrected chi connectivity index (χ3v) is 4.80. The number of nitrogens with one attached hydrogen (secondary N) is 2. The Bertz CT molecular complexity index is 755. The maximum atomic E-state index is 14.0. The fraction of sp³-hybridized carbons (Fsp3) is 0.429. The van der Waals surface area contributed by atoms with Gasteiger partial charge in [0.05, 0.1) is 0 Å². The summed E-state index contributed by atoms with van der Waals surface area (Å²) in [5.41, 5.74) is 1.29. The summed E-state index contributed by atoms with van der Waals surface area (Å²) in [6.45, 7) is 7.26. The number of nitrogens with zero attached hydrogens (tertiary/aromatic N) is 3. The molecule has 1 aliphatic rings. The molecule has 1 aromatic heterocycles. The van der Waals surface area contributed by atoms with E-state index in [-0.39, 0.29) is 35.8 Å². The number of hydrogen-bond acceptors (Lipinski definition) is 3. The minimum atomic E-state index is -0.268. The summed E-state index contributed by atoms with van der Waals surface area (Å²) in [4.78, 5) is 10.9. The molecule has 2 aromatic rings. The molecule has 0 amide bonds. The molecule has 1 saturated heterocycles. The van der Waals surface area contributed by atoms with E-state index in [1.807, 2.05) is 11.0 Å². The highest BCUT2D eigenvalue weighted by Crippen LogP contribution is 2.21. The van der Waals surface area contributed by atoms with Gasteiger partial charge in [0.25, 0.3) is 0 Å². The van der Waals surface area contributed by atoms with Crippen LogP contribution in [0.3, 0.4) is 0 Å². The Labute approximate surface area is 183 Å². The monoisotopic (exact) mass is 497 g/mol. The van der Waals surface area contributed by atoms with E-state index in [0.717, 1.165) is 25.5 Å². The van der Waals surface area contributed by atoms with Gasteiger partial charge in [-0.15, -0.1) is 24.0 Å². The number of aromatic nitrogens is 1. The Hall–Kier alpha value is -1.90. The van der Waals surface area contributed by atoms with Crippen molar-refractivity contribution in [3.8, 4) is 0 Å². The first-order valence-electron chi connectivity index (χ1n) is 9.62. The van der Waals surface area contributed by atoms with Gasteiger partial charge in [0.15, 0.2) is 17.6 Å². The van der Waals surface area contributed by atoms with E-state index < -0.39 is 0 Å². The van der Waals surface area contributed by atoms with Gasteiger partial charge in [-0.3, -0.25) is 4.99 Å². The largest absolute Gasteiger partial charge is 0.357 e. The molecule has 2 heterocycles. The van der Waals surface area contributed by atoms with Gasteiger partial charge < -0.3 is 15.5 Å². The zero-order chi connectivity index (χ0) is 19.1. The summed E-state index contributed by atoms with van der Waals surface area (Å²) < 4.78 is 14.0. The van der Waals surface area contributed by atoms with Gasteiger partial charge in [-0.05, 0) is 31.0 Å². The van der Waals surface area contributed by atoms with Crippen LogP contribution < -0.4 is 15.5 Å². The van der Waals surface area contributed by atoms with E-state index in [2.05, 4.69) is 53.7 Å². The number of pyridine rings is 1. The summed E-state index contributed by atoms with van der Waals surface area (Å²) in [5.74, 6) is 1.33. The van der Waals surface area contributed by atoms with Crippen LogP contribution in [-0.4, -0.2) is 43.2 Å². The lowest BCUT2D eigenvalue weighted by molar-refractivity contribution is 0.612. The van der Waals surface area contributed by atoms with Gasteiger partial charge >= 0.3 is 0 Å². The highest BCUT2D eigenvalue weighted by molar-refractivity contribution is 14.0. The van der Waals surface area contributed by atoms with Crippen LogP contribution in [0.2, 0.25) is 0 Å². The predicted molar refractivity (Wildman–Crippen MR) is 124 cm³/mol. The second-order valence-electron chi connectivity index (χ2n) is 6.92. The Balaban J connectivity index is 0.00000280. The fourth-order valence-corrected chi connectivity index (χ4v) is 3.31. The fourth-order valence-electron chi connectivity index (χ4n) is 3.31. The normalized spacial score (nSPS) is 17.8. The minimum Gasteiger partial charge on any atom is -0.357 e. The second-order valence-corrected chi connectivity index (χ2v) is 6.92. The first-order chi connectivity index (χ1) is 13.2. The first-order valence-corrected chi connectivity index (χ1v) is 9.62. The van der Waals surface area contributed by atoms with E-state index in [0.29, 0.717) is 24.8 Å². The van der Waals surface area contributed by atoms with E-state index in [4.69, 9.17) is 4.99 Å². The number of benzene rings is 1. The van der Waals surface area contributed by atoms with Gasteiger partial charge in [-0.2, -0.15) is 0 Å². The topological polar surface area (TPSA) is 52.6 Å². The van der Waals surface area contributed by atoms with Gasteiger partial charge in [-0.25, -0.2) is 9.37 Å². The number of hydrogen-bond donors (Lipinski definition) is 2. The van der Waals surface area contributed by atoms with E-state index in [1.54, 1.807) is 12.3 Å². The molecular formula is C21H29FIN5. The molecule has 2 unspecified atom stereocenters. The van der Waals surface area contributed by atoms with Crippen LogP contribution in [0.4, 0.5) is 10.2 Å². The summed E-state index contributed by atoms with van der Waals surface area (Å²) >= 11 is 0. The average Bonchev–Trinajstić information content (AvgIpc) is 3.15. The number of halogens is 2. The van der Waals surface area contributed by atoms with Crippen molar-refractivity contribution in [2.24, 2.45) is 4.99 Å². The lowest BCUT2D eigenvalue weighted by atomic mass is 10.0. The Morgan fingerprint density at radius 1 is 1.29 bits per heavy atom. The van der Waals surface area contributed by atoms with E-state index in [1.165, 1.54) is 11.6 Å². The van der Waals surface area contributed by atoms with Crippen molar-refractivity contribution in [3.63, 3.8) is 0 Å². The maximum absolute atomic E-state index is 14.0. The van der Waals surface area contributed by atoms with Crippen LogP contribution in [0.1, 0.15) is 31.7 Å². The molecule has 7 heteroatoms. The van der Waals surface area contributed by atoms with Crippen LogP contribution >= 0.6 is 24.0 Å². The second kappa shape index (κ2) is 11.2. The summed E-state index contributed by atoms with van der Waals surface area (Å²) in [5, 5.41) is 6.80. The minimum absolute atomic E-state index is 0. The number of aliphatic imine (C=N–C) groups is 1. The lowest BCUT2D eigenvalue weighted by Gasteiger charge is -2.20. The van der Waals surface area contributed by atoms with Gasteiger partial charge in [-0.1, -0.05) is 37.3 Å². The summed E-state index contributed by atoms with van der Waals surface area (Å²) in [6.07, 6.45) is 2.56. The predicted octanol–water partition coefficient (Wildman–Crippen LogP) is 3.78. The lowest BCUT2D eigenvalue weighted by Crippen LogP contribution is -2.44. The number of rotatable bonds is 6. The van der Waals surface area contributed by atoms with Crippen molar-refractivity contribution < 1.29 is 4.39 Å². The molecule has 0 saturated carbocycles. The Morgan fingerprint density at radius 2 is 2.07 bits per heavy atom. The van der Waals surface area contributed by atoms with Crippen LogP contribution in [0.15, 0.2) is 53.7 Å².